The van der Waals surface area contributed by atoms with Gasteiger partial charge in [0, 0.05) is 24.6 Å². The van der Waals surface area contributed by atoms with Crippen LogP contribution in [-0.4, -0.2) is 49.0 Å². The van der Waals surface area contributed by atoms with E-state index in [2.05, 4.69) is 15.5 Å². The molecule has 9 nitrogen and oxygen atoms in total. The van der Waals surface area contributed by atoms with Crippen LogP contribution in [0.5, 0.6) is 5.75 Å². The predicted octanol–water partition coefficient (Wildman–Crippen LogP) is 3.75. The van der Waals surface area contributed by atoms with Crippen molar-refractivity contribution in [2.75, 3.05) is 25.5 Å². The van der Waals surface area contributed by atoms with E-state index in [1.165, 1.54) is 13.2 Å². The third-order valence-electron chi connectivity index (χ3n) is 5.25. The number of nitrogens with one attached hydrogen (secondary N) is 1. The zero-order chi connectivity index (χ0) is 24.9. The summed E-state index contributed by atoms with van der Waals surface area (Å²) in [5, 5.41) is 6.74. The Balaban J connectivity index is 1.63. The molecule has 1 amide bonds. The van der Waals surface area contributed by atoms with Crippen LogP contribution in [0.3, 0.4) is 0 Å². The van der Waals surface area contributed by atoms with Crippen molar-refractivity contribution in [3.63, 3.8) is 0 Å². The minimum absolute atomic E-state index is 0.117. The molecule has 2 aromatic carbocycles. The molecule has 34 heavy (non-hydrogen) atoms. The highest BCUT2D eigenvalue weighted by Crippen LogP contribution is 2.24. The normalized spacial score (nSPS) is 11.7. The third kappa shape index (κ3) is 6.00. The minimum atomic E-state index is -3.84. The van der Waals surface area contributed by atoms with Crippen LogP contribution in [0.4, 0.5) is 5.69 Å². The SMILES string of the molecule is CCN(CC(=O)Nc1ccc(Cc2noc(C(C)C)n2)cc1)S(=O)(=O)c1ccc(OC)c(C)c1. The van der Waals surface area contributed by atoms with E-state index >= 15 is 0 Å². The van der Waals surface area contributed by atoms with Gasteiger partial charge in [0.2, 0.25) is 21.8 Å². The Morgan fingerprint density at radius 3 is 2.44 bits per heavy atom. The highest BCUT2D eigenvalue weighted by molar-refractivity contribution is 7.89. The van der Waals surface area contributed by atoms with Gasteiger partial charge in [0.15, 0.2) is 5.82 Å². The average Bonchev–Trinajstić information content (AvgIpc) is 3.27. The highest BCUT2D eigenvalue weighted by Gasteiger charge is 2.26. The molecule has 0 saturated heterocycles. The van der Waals surface area contributed by atoms with E-state index in [1.807, 2.05) is 26.0 Å². The molecule has 1 heterocycles. The summed E-state index contributed by atoms with van der Waals surface area (Å²) in [4.78, 5) is 17.1. The summed E-state index contributed by atoms with van der Waals surface area (Å²) in [7, 11) is -2.31. The molecule has 0 spiro atoms. The molecule has 1 N–H and O–H groups in total. The number of likely N-dealkylation sites (N-methyl/N-ethyl adjacent to an activating group) is 1. The maximum Gasteiger partial charge on any atom is 0.243 e. The minimum Gasteiger partial charge on any atom is -0.496 e. The van der Waals surface area contributed by atoms with Crippen LogP contribution in [0.25, 0.3) is 0 Å². The van der Waals surface area contributed by atoms with Gasteiger partial charge in [-0.25, -0.2) is 8.42 Å². The fraction of sp³-hybridized carbons (Fsp3) is 0.375. The number of aryl methyl sites for hydroxylation is 1. The van der Waals surface area contributed by atoms with Crippen LogP contribution in [0.15, 0.2) is 51.9 Å². The fourth-order valence-electron chi connectivity index (χ4n) is 3.35. The van der Waals surface area contributed by atoms with Crippen LogP contribution >= 0.6 is 0 Å². The second-order valence-electron chi connectivity index (χ2n) is 8.19. The van der Waals surface area contributed by atoms with Gasteiger partial charge >= 0.3 is 0 Å². The lowest BCUT2D eigenvalue weighted by atomic mass is 10.1. The molecule has 0 aliphatic heterocycles. The van der Waals surface area contributed by atoms with Crippen molar-refractivity contribution in [1.29, 1.82) is 0 Å². The van der Waals surface area contributed by atoms with Crippen molar-refractivity contribution in [2.45, 2.75) is 44.9 Å². The Morgan fingerprint density at radius 2 is 1.88 bits per heavy atom. The van der Waals surface area contributed by atoms with Gasteiger partial charge < -0.3 is 14.6 Å². The monoisotopic (exact) mass is 486 g/mol. The second-order valence-corrected chi connectivity index (χ2v) is 10.1. The largest absolute Gasteiger partial charge is 0.496 e. The third-order valence-corrected chi connectivity index (χ3v) is 7.17. The molecule has 0 fully saturated rings. The summed E-state index contributed by atoms with van der Waals surface area (Å²) in [6.45, 7) is 7.29. The molecule has 0 radical (unpaired) electrons. The number of aromatic nitrogens is 2. The van der Waals surface area contributed by atoms with E-state index in [9.17, 15) is 13.2 Å². The number of hydrogen-bond donors (Lipinski definition) is 1. The number of carbonyl (C=O) groups excluding carboxylic acids is 1. The fourth-order valence-corrected chi connectivity index (χ4v) is 4.84. The molecule has 0 bridgehead atoms. The quantitative estimate of drug-likeness (QED) is 0.464. The first-order valence-corrected chi connectivity index (χ1v) is 12.4. The van der Waals surface area contributed by atoms with Crippen LogP contribution in [0.1, 0.15) is 49.5 Å². The number of anilines is 1. The molecular formula is C24H30N4O5S. The van der Waals surface area contributed by atoms with Gasteiger partial charge in [0.05, 0.1) is 18.6 Å². The van der Waals surface area contributed by atoms with E-state index < -0.39 is 15.9 Å². The van der Waals surface area contributed by atoms with Gasteiger partial charge in [-0.05, 0) is 48.4 Å². The molecule has 0 unspecified atom stereocenters. The molecule has 0 aliphatic carbocycles. The Kier molecular flexibility index (Phi) is 8.06. The number of ether oxygens (including phenoxy) is 1. The van der Waals surface area contributed by atoms with Gasteiger partial charge in [-0.15, -0.1) is 0 Å². The van der Waals surface area contributed by atoms with Crippen LogP contribution in [-0.2, 0) is 21.2 Å². The van der Waals surface area contributed by atoms with Crippen molar-refractivity contribution in [3.8, 4) is 5.75 Å². The number of methoxy groups -OCH3 is 1. The molecule has 0 aliphatic rings. The molecular weight excluding hydrogens is 456 g/mol. The number of benzene rings is 2. The lowest BCUT2D eigenvalue weighted by molar-refractivity contribution is -0.116. The van der Waals surface area contributed by atoms with E-state index in [0.717, 1.165) is 9.87 Å². The van der Waals surface area contributed by atoms with Crippen molar-refractivity contribution >= 4 is 21.6 Å². The van der Waals surface area contributed by atoms with E-state index in [0.29, 0.717) is 35.1 Å². The van der Waals surface area contributed by atoms with Crippen molar-refractivity contribution < 1.29 is 22.5 Å². The number of nitrogens with zero attached hydrogens (tertiary/aromatic N) is 3. The van der Waals surface area contributed by atoms with Gasteiger partial charge in [0.1, 0.15) is 5.75 Å². The van der Waals surface area contributed by atoms with Gasteiger partial charge in [-0.2, -0.15) is 9.29 Å². The number of amides is 1. The molecule has 0 atom stereocenters. The summed E-state index contributed by atoms with van der Waals surface area (Å²) >= 11 is 0. The van der Waals surface area contributed by atoms with Gasteiger partial charge in [0.25, 0.3) is 0 Å². The number of hydrogen-bond acceptors (Lipinski definition) is 7. The molecule has 10 heteroatoms. The molecule has 1 aromatic heterocycles. The van der Waals surface area contributed by atoms with E-state index in [1.54, 1.807) is 38.1 Å². The van der Waals surface area contributed by atoms with Crippen LogP contribution in [0.2, 0.25) is 0 Å². The van der Waals surface area contributed by atoms with Crippen molar-refractivity contribution in [3.05, 3.63) is 65.3 Å². The van der Waals surface area contributed by atoms with Crippen molar-refractivity contribution in [2.24, 2.45) is 0 Å². The van der Waals surface area contributed by atoms with Gasteiger partial charge in [-0.1, -0.05) is 38.1 Å². The first-order chi connectivity index (χ1) is 16.1. The Hall–Kier alpha value is -3.24. The summed E-state index contributed by atoms with van der Waals surface area (Å²) < 4.78 is 37.7. The van der Waals surface area contributed by atoms with Gasteiger partial charge in [-0.3, -0.25) is 4.79 Å². The Morgan fingerprint density at radius 1 is 1.18 bits per heavy atom. The summed E-state index contributed by atoms with van der Waals surface area (Å²) in [6, 6.07) is 11.9. The average molecular weight is 487 g/mol. The molecule has 3 rings (SSSR count). The Labute approximate surface area is 200 Å². The Bertz CT molecular complexity index is 1240. The second kappa shape index (κ2) is 10.8. The molecule has 182 valence electrons. The first kappa shape index (κ1) is 25.4. The van der Waals surface area contributed by atoms with E-state index in [4.69, 9.17) is 9.26 Å². The number of sulfonamides is 1. The van der Waals surface area contributed by atoms with Crippen LogP contribution < -0.4 is 10.1 Å². The zero-order valence-electron chi connectivity index (χ0n) is 20.0. The summed E-state index contributed by atoms with van der Waals surface area (Å²) in [5.74, 6) is 1.53. The maximum absolute atomic E-state index is 13.1. The zero-order valence-corrected chi connectivity index (χ0v) is 20.8. The lowest BCUT2D eigenvalue weighted by Gasteiger charge is -2.20. The van der Waals surface area contributed by atoms with E-state index in [-0.39, 0.29) is 23.9 Å². The maximum atomic E-state index is 13.1. The first-order valence-electron chi connectivity index (χ1n) is 11.0. The van der Waals surface area contributed by atoms with Crippen LogP contribution in [0, 0.1) is 6.92 Å². The molecule has 0 saturated carbocycles. The smallest absolute Gasteiger partial charge is 0.243 e. The topological polar surface area (TPSA) is 115 Å². The number of carbonyl (C=O) groups is 1. The lowest BCUT2D eigenvalue weighted by Crippen LogP contribution is -2.37. The summed E-state index contributed by atoms with van der Waals surface area (Å²) in [5.41, 5.74) is 2.23. The highest BCUT2D eigenvalue weighted by atomic mass is 32.2. The summed E-state index contributed by atoms with van der Waals surface area (Å²) in [6.07, 6.45) is 0.508. The standard InChI is InChI=1S/C24H30N4O5S/c1-6-28(34(30,31)20-11-12-21(32-5)17(4)13-20)15-23(29)25-19-9-7-18(8-10-19)14-22-26-24(16(2)3)33-27-22/h7-13,16H,6,14-15H2,1-5H3,(H,25,29). The van der Waals surface area contributed by atoms with Crippen molar-refractivity contribution in [1.82, 2.24) is 14.4 Å². The predicted molar refractivity (Wildman–Crippen MR) is 128 cm³/mol. The molecule has 3 aromatic rings. The number of rotatable bonds is 10.